The van der Waals surface area contributed by atoms with Gasteiger partial charge in [-0.15, -0.1) is 0 Å². The van der Waals surface area contributed by atoms with Gasteiger partial charge in [0.1, 0.15) is 0 Å². The Morgan fingerprint density at radius 2 is 2.07 bits per heavy atom. The summed E-state index contributed by atoms with van der Waals surface area (Å²) in [4.78, 5) is 0. The van der Waals surface area contributed by atoms with Crippen molar-refractivity contribution in [3.05, 3.63) is 41.6 Å². The van der Waals surface area contributed by atoms with E-state index < -0.39 is 0 Å². The third-order valence-electron chi connectivity index (χ3n) is 2.88. The summed E-state index contributed by atoms with van der Waals surface area (Å²) in [5, 5.41) is 3.38. The monoisotopic (exact) mass is 187 g/mol. The molecule has 1 unspecified atom stereocenters. The number of benzene rings is 1. The number of nitrogens with one attached hydrogen (secondary N) is 1. The summed E-state index contributed by atoms with van der Waals surface area (Å²) in [6, 6.07) is 6.60. The minimum Gasteiger partial charge on any atom is -0.359 e. The SMILES string of the molecule is C=C1Nc2cc(C)ccc2C1C(C)C. The minimum atomic E-state index is 0.477. The van der Waals surface area contributed by atoms with Crippen molar-refractivity contribution in [3.8, 4) is 0 Å². The number of hydrogen-bond acceptors (Lipinski definition) is 1. The van der Waals surface area contributed by atoms with Gasteiger partial charge in [0.2, 0.25) is 0 Å². The van der Waals surface area contributed by atoms with E-state index in [2.05, 4.69) is 50.9 Å². The molecule has 0 saturated heterocycles. The highest BCUT2D eigenvalue weighted by atomic mass is 14.9. The zero-order chi connectivity index (χ0) is 10.3. The van der Waals surface area contributed by atoms with Crippen LogP contribution in [-0.2, 0) is 0 Å². The summed E-state index contributed by atoms with van der Waals surface area (Å²) in [7, 11) is 0. The summed E-state index contributed by atoms with van der Waals surface area (Å²) >= 11 is 0. The van der Waals surface area contributed by atoms with E-state index in [4.69, 9.17) is 0 Å². The van der Waals surface area contributed by atoms with Crippen LogP contribution in [0.15, 0.2) is 30.5 Å². The van der Waals surface area contributed by atoms with Gasteiger partial charge in [0.25, 0.3) is 0 Å². The quantitative estimate of drug-likeness (QED) is 0.707. The van der Waals surface area contributed by atoms with Crippen LogP contribution in [0.3, 0.4) is 0 Å². The molecule has 1 nitrogen and oxygen atoms in total. The van der Waals surface area contributed by atoms with Crippen molar-refractivity contribution < 1.29 is 0 Å². The van der Waals surface area contributed by atoms with Crippen LogP contribution < -0.4 is 5.32 Å². The lowest BCUT2D eigenvalue weighted by atomic mass is 9.88. The van der Waals surface area contributed by atoms with E-state index >= 15 is 0 Å². The maximum Gasteiger partial charge on any atom is 0.0423 e. The summed E-state index contributed by atoms with van der Waals surface area (Å²) in [6.45, 7) is 10.7. The third-order valence-corrected chi connectivity index (χ3v) is 2.88. The van der Waals surface area contributed by atoms with Crippen molar-refractivity contribution >= 4 is 5.69 Å². The average Bonchev–Trinajstić information content (AvgIpc) is 2.39. The zero-order valence-electron chi connectivity index (χ0n) is 9.09. The van der Waals surface area contributed by atoms with E-state index in [-0.39, 0.29) is 0 Å². The Morgan fingerprint density at radius 1 is 1.36 bits per heavy atom. The van der Waals surface area contributed by atoms with Crippen molar-refractivity contribution in [2.45, 2.75) is 26.7 Å². The Labute approximate surface area is 85.8 Å². The number of anilines is 1. The van der Waals surface area contributed by atoms with E-state index in [1.807, 2.05) is 0 Å². The molecule has 1 N–H and O–H groups in total. The molecule has 1 aromatic rings. The van der Waals surface area contributed by atoms with Crippen LogP contribution in [0.4, 0.5) is 5.69 Å². The molecule has 1 heterocycles. The minimum absolute atomic E-state index is 0.477. The summed E-state index contributed by atoms with van der Waals surface area (Å²) in [6.07, 6.45) is 0. The molecule has 0 radical (unpaired) electrons. The van der Waals surface area contributed by atoms with Crippen molar-refractivity contribution in [1.82, 2.24) is 0 Å². The number of aryl methyl sites for hydroxylation is 1. The first-order valence-corrected chi connectivity index (χ1v) is 5.16. The van der Waals surface area contributed by atoms with Gasteiger partial charge in [-0.2, -0.15) is 0 Å². The van der Waals surface area contributed by atoms with Crippen LogP contribution in [0.5, 0.6) is 0 Å². The Bertz CT molecular complexity index is 377. The van der Waals surface area contributed by atoms with Gasteiger partial charge in [-0.05, 0) is 30.0 Å². The van der Waals surface area contributed by atoms with E-state index in [1.54, 1.807) is 0 Å². The molecule has 1 aliphatic heterocycles. The number of rotatable bonds is 1. The largest absolute Gasteiger partial charge is 0.359 e. The summed E-state index contributed by atoms with van der Waals surface area (Å²) in [5.41, 5.74) is 5.08. The Hall–Kier alpha value is -1.24. The molecule has 0 aromatic heterocycles. The fraction of sp³-hybridized carbons (Fsp3) is 0.385. The fourth-order valence-corrected chi connectivity index (χ4v) is 2.25. The van der Waals surface area contributed by atoms with E-state index in [1.165, 1.54) is 16.8 Å². The topological polar surface area (TPSA) is 12.0 Å². The van der Waals surface area contributed by atoms with Gasteiger partial charge in [0.15, 0.2) is 0 Å². The standard InChI is InChI=1S/C13H17N/c1-8(2)13-10(4)14-12-7-9(3)5-6-11(12)13/h5-8,13-14H,4H2,1-3H3. The van der Waals surface area contributed by atoms with Gasteiger partial charge in [-0.1, -0.05) is 32.6 Å². The number of fused-ring (bicyclic) bond motifs is 1. The van der Waals surface area contributed by atoms with Crippen LogP contribution in [0, 0.1) is 12.8 Å². The van der Waals surface area contributed by atoms with Crippen LogP contribution in [0.2, 0.25) is 0 Å². The highest BCUT2D eigenvalue weighted by Crippen LogP contribution is 2.42. The third kappa shape index (κ3) is 1.33. The zero-order valence-corrected chi connectivity index (χ0v) is 9.09. The second kappa shape index (κ2) is 3.16. The Morgan fingerprint density at radius 3 is 2.71 bits per heavy atom. The molecule has 0 aliphatic carbocycles. The predicted octanol–water partition coefficient (Wildman–Crippen LogP) is 3.67. The molecule has 0 spiro atoms. The molecule has 2 rings (SSSR count). The average molecular weight is 187 g/mol. The first-order chi connectivity index (χ1) is 6.59. The van der Waals surface area contributed by atoms with E-state index in [9.17, 15) is 0 Å². The van der Waals surface area contributed by atoms with Gasteiger partial charge in [0, 0.05) is 17.3 Å². The molecule has 0 amide bonds. The molecular weight excluding hydrogens is 170 g/mol. The molecular formula is C13H17N. The number of allylic oxidation sites excluding steroid dienone is 1. The lowest BCUT2D eigenvalue weighted by Gasteiger charge is -2.15. The second-order valence-electron chi connectivity index (χ2n) is 4.46. The molecule has 1 atom stereocenters. The van der Waals surface area contributed by atoms with Crippen molar-refractivity contribution in [3.63, 3.8) is 0 Å². The highest BCUT2D eigenvalue weighted by molar-refractivity contribution is 5.65. The Kier molecular flexibility index (Phi) is 2.10. The van der Waals surface area contributed by atoms with Gasteiger partial charge >= 0.3 is 0 Å². The molecule has 1 heteroatoms. The Balaban J connectivity index is 2.48. The molecule has 0 fully saturated rings. The van der Waals surface area contributed by atoms with Gasteiger partial charge in [-0.3, -0.25) is 0 Å². The lowest BCUT2D eigenvalue weighted by Crippen LogP contribution is -2.05. The molecule has 74 valence electrons. The molecule has 1 aliphatic rings. The van der Waals surface area contributed by atoms with E-state index in [0.29, 0.717) is 11.8 Å². The predicted molar refractivity (Wildman–Crippen MR) is 61.5 cm³/mol. The van der Waals surface area contributed by atoms with Gasteiger partial charge in [-0.25, -0.2) is 0 Å². The summed E-state index contributed by atoms with van der Waals surface area (Å²) < 4.78 is 0. The van der Waals surface area contributed by atoms with Crippen LogP contribution >= 0.6 is 0 Å². The first kappa shape index (κ1) is 9.32. The molecule has 1 aromatic carbocycles. The van der Waals surface area contributed by atoms with Crippen LogP contribution in [0.1, 0.15) is 30.9 Å². The second-order valence-corrected chi connectivity index (χ2v) is 4.46. The van der Waals surface area contributed by atoms with Gasteiger partial charge in [0.05, 0.1) is 0 Å². The molecule has 0 saturated carbocycles. The maximum atomic E-state index is 4.09. The normalized spacial score (nSPS) is 19.7. The smallest absolute Gasteiger partial charge is 0.0423 e. The summed E-state index contributed by atoms with van der Waals surface area (Å²) in [5.74, 6) is 1.09. The van der Waals surface area contributed by atoms with Crippen molar-refractivity contribution in [1.29, 1.82) is 0 Å². The van der Waals surface area contributed by atoms with Crippen molar-refractivity contribution in [2.24, 2.45) is 5.92 Å². The van der Waals surface area contributed by atoms with Crippen molar-refractivity contribution in [2.75, 3.05) is 5.32 Å². The first-order valence-electron chi connectivity index (χ1n) is 5.16. The molecule has 0 bridgehead atoms. The van der Waals surface area contributed by atoms with Crippen LogP contribution in [-0.4, -0.2) is 0 Å². The number of hydrogen-bond donors (Lipinski definition) is 1. The van der Waals surface area contributed by atoms with Crippen LogP contribution in [0.25, 0.3) is 0 Å². The molecule has 14 heavy (non-hydrogen) atoms. The van der Waals surface area contributed by atoms with E-state index in [0.717, 1.165) is 5.70 Å². The lowest BCUT2D eigenvalue weighted by molar-refractivity contribution is 0.571. The highest BCUT2D eigenvalue weighted by Gasteiger charge is 2.27. The maximum absolute atomic E-state index is 4.09. The fourth-order valence-electron chi connectivity index (χ4n) is 2.25. The van der Waals surface area contributed by atoms with Gasteiger partial charge < -0.3 is 5.32 Å².